The Morgan fingerprint density at radius 1 is 1.50 bits per heavy atom. The maximum Gasteiger partial charge on any atom is 0.234 e. The van der Waals surface area contributed by atoms with Gasteiger partial charge in [-0.25, -0.2) is 8.78 Å². The Balaban J connectivity index is 2.61. The predicted octanol–water partition coefficient (Wildman–Crippen LogP) is 2.75. The van der Waals surface area contributed by atoms with Gasteiger partial charge in [0.05, 0.1) is 4.83 Å². The summed E-state index contributed by atoms with van der Waals surface area (Å²) in [7, 11) is 0. The van der Waals surface area contributed by atoms with Gasteiger partial charge >= 0.3 is 0 Å². The third-order valence-corrected chi connectivity index (χ3v) is 3.17. The SMILES string of the molecule is CCC(Br)C(=O)NCc1cc(F)ccc1F. The van der Waals surface area contributed by atoms with Crippen LogP contribution >= 0.6 is 15.9 Å². The van der Waals surface area contributed by atoms with Crippen LogP contribution in [0, 0.1) is 11.6 Å². The number of rotatable bonds is 4. The van der Waals surface area contributed by atoms with Crippen molar-refractivity contribution >= 4 is 21.8 Å². The van der Waals surface area contributed by atoms with Crippen molar-refractivity contribution in [2.45, 2.75) is 24.7 Å². The molecule has 1 amide bonds. The van der Waals surface area contributed by atoms with E-state index in [1.54, 1.807) is 0 Å². The van der Waals surface area contributed by atoms with Crippen LogP contribution in [0.25, 0.3) is 0 Å². The Hall–Kier alpha value is -0.970. The summed E-state index contributed by atoms with van der Waals surface area (Å²) >= 11 is 3.17. The number of nitrogens with one attached hydrogen (secondary N) is 1. The summed E-state index contributed by atoms with van der Waals surface area (Å²) in [6.45, 7) is 1.84. The fourth-order valence-electron chi connectivity index (χ4n) is 1.16. The average Bonchev–Trinajstić information content (AvgIpc) is 2.28. The molecule has 0 aliphatic carbocycles. The molecule has 1 unspecified atom stereocenters. The lowest BCUT2D eigenvalue weighted by Gasteiger charge is -2.09. The minimum absolute atomic E-state index is 0.00940. The Kier molecular flexibility index (Phi) is 4.86. The van der Waals surface area contributed by atoms with Crippen molar-refractivity contribution in [1.82, 2.24) is 5.32 Å². The van der Waals surface area contributed by atoms with Gasteiger partial charge in [0.15, 0.2) is 0 Å². The first-order chi connectivity index (χ1) is 7.54. The van der Waals surface area contributed by atoms with Crippen LogP contribution in [0.2, 0.25) is 0 Å². The molecule has 0 aliphatic heterocycles. The molecular weight excluding hydrogens is 280 g/mol. The van der Waals surface area contributed by atoms with E-state index in [0.29, 0.717) is 6.42 Å². The van der Waals surface area contributed by atoms with Crippen molar-refractivity contribution < 1.29 is 13.6 Å². The van der Waals surface area contributed by atoms with Gasteiger partial charge in [0.1, 0.15) is 11.6 Å². The number of alkyl halides is 1. The fourth-order valence-corrected chi connectivity index (χ4v) is 1.32. The van der Waals surface area contributed by atoms with Crippen molar-refractivity contribution in [2.75, 3.05) is 0 Å². The topological polar surface area (TPSA) is 29.1 Å². The second-order valence-corrected chi connectivity index (χ2v) is 4.43. The Labute approximate surface area is 101 Å². The first-order valence-corrected chi connectivity index (χ1v) is 5.82. The third kappa shape index (κ3) is 3.56. The van der Waals surface area contributed by atoms with Crippen LogP contribution in [0.3, 0.4) is 0 Å². The van der Waals surface area contributed by atoms with E-state index in [9.17, 15) is 13.6 Å². The molecule has 1 N–H and O–H groups in total. The van der Waals surface area contributed by atoms with Crippen molar-refractivity contribution in [3.05, 3.63) is 35.4 Å². The third-order valence-electron chi connectivity index (χ3n) is 2.10. The second kappa shape index (κ2) is 5.94. The van der Waals surface area contributed by atoms with Gasteiger partial charge < -0.3 is 5.32 Å². The molecule has 2 nitrogen and oxygen atoms in total. The van der Waals surface area contributed by atoms with Crippen LogP contribution in [0.4, 0.5) is 8.78 Å². The zero-order valence-electron chi connectivity index (χ0n) is 8.77. The smallest absolute Gasteiger partial charge is 0.234 e. The van der Waals surface area contributed by atoms with Gasteiger partial charge in [0, 0.05) is 12.1 Å². The molecule has 0 aliphatic rings. The molecule has 88 valence electrons. The fraction of sp³-hybridized carbons (Fsp3) is 0.364. The summed E-state index contributed by atoms with van der Waals surface area (Å²) in [6, 6.07) is 3.16. The maximum absolute atomic E-state index is 13.2. The quantitative estimate of drug-likeness (QED) is 0.849. The summed E-state index contributed by atoms with van der Waals surface area (Å²) in [5.74, 6) is -1.27. The minimum atomic E-state index is -0.524. The Morgan fingerprint density at radius 3 is 2.81 bits per heavy atom. The van der Waals surface area contributed by atoms with Crippen molar-refractivity contribution in [3.8, 4) is 0 Å². The first kappa shape index (κ1) is 13.1. The number of hydrogen-bond acceptors (Lipinski definition) is 1. The molecule has 0 bridgehead atoms. The summed E-state index contributed by atoms with van der Waals surface area (Å²) in [6.07, 6.45) is 0.636. The standard InChI is InChI=1S/C11H12BrF2NO/c1-2-9(12)11(16)15-6-7-5-8(13)3-4-10(7)14/h3-5,9H,2,6H2,1H3,(H,15,16). The van der Waals surface area contributed by atoms with E-state index >= 15 is 0 Å². The van der Waals surface area contributed by atoms with Gasteiger partial charge in [-0.3, -0.25) is 4.79 Å². The molecule has 0 fully saturated rings. The molecule has 0 spiro atoms. The van der Waals surface area contributed by atoms with Crippen molar-refractivity contribution in [1.29, 1.82) is 0 Å². The number of halogens is 3. The Bertz CT molecular complexity index is 384. The molecule has 1 aromatic rings. The molecule has 0 saturated heterocycles. The summed E-state index contributed by atoms with van der Waals surface area (Å²) < 4.78 is 26.0. The maximum atomic E-state index is 13.2. The predicted molar refractivity (Wildman–Crippen MR) is 61.2 cm³/mol. The number of hydrogen-bond donors (Lipinski definition) is 1. The molecule has 1 rings (SSSR count). The van der Waals surface area contributed by atoms with Crippen molar-refractivity contribution in [3.63, 3.8) is 0 Å². The van der Waals surface area contributed by atoms with Crippen LogP contribution in [0.5, 0.6) is 0 Å². The number of carbonyl (C=O) groups is 1. The zero-order valence-corrected chi connectivity index (χ0v) is 10.4. The molecule has 16 heavy (non-hydrogen) atoms. The number of carbonyl (C=O) groups excluding carboxylic acids is 1. The lowest BCUT2D eigenvalue weighted by molar-refractivity contribution is -0.120. The first-order valence-electron chi connectivity index (χ1n) is 4.90. The molecule has 1 atom stereocenters. The molecule has 0 radical (unpaired) electrons. The van der Waals surface area contributed by atoms with E-state index in [2.05, 4.69) is 21.2 Å². The highest BCUT2D eigenvalue weighted by Gasteiger charge is 2.12. The highest BCUT2D eigenvalue weighted by molar-refractivity contribution is 9.10. The van der Waals surface area contributed by atoms with E-state index in [1.807, 2.05) is 6.92 Å². The molecule has 5 heteroatoms. The highest BCUT2D eigenvalue weighted by atomic mass is 79.9. The van der Waals surface area contributed by atoms with E-state index in [1.165, 1.54) is 0 Å². The van der Waals surface area contributed by atoms with Crippen LogP contribution in [0.1, 0.15) is 18.9 Å². The van der Waals surface area contributed by atoms with E-state index in [0.717, 1.165) is 18.2 Å². The highest BCUT2D eigenvalue weighted by Crippen LogP contribution is 2.10. The van der Waals surface area contributed by atoms with E-state index in [4.69, 9.17) is 0 Å². The van der Waals surface area contributed by atoms with Gasteiger partial charge in [-0.2, -0.15) is 0 Å². The minimum Gasteiger partial charge on any atom is -0.351 e. The average molecular weight is 292 g/mol. The Morgan fingerprint density at radius 2 is 2.19 bits per heavy atom. The lowest BCUT2D eigenvalue weighted by atomic mass is 10.2. The van der Waals surface area contributed by atoms with Crippen molar-refractivity contribution in [2.24, 2.45) is 0 Å². The van der Waals surface area contributed by atoms with E-state index in [-0.39, 0.29) is 22.8 Å². The van der Waals surface area contributed by atoms with Gasteiger partial charge in [-0.15, -0.1) is 0 Å². The van der Waals surface area contributed by atoms with Gasteiger partial charge in [-0.1, -0.05) is 22.9 Å². The monoisotopic (exact) mass is 291 g/mol. The number of benzene rings is 1. The van der Waals surface area contributed by atoms with Gasteiger partial charge in [0.25, 0.3) is 0 Å². The normalized spacial score (nSPS) is 12.2. The summed E-state index contributed by atoms with van der Waals surface area (Å²) in [4.78, 5) is 11.1. The van der Waals surface area contributed by atoms with Crippen LogP contribution in [0.15, 0.2) is 18.2 Å². The molecule has 0 heterocycles. The van der Waals surface area contributed by atoms with Gasteiger partial charge in [-0.05, 0) is 24.6 Å². The number of amides is 1. The van der Waals surface area contributed by atoms with E-state index < -0.39 is 11.6 Å². The summed E-state index contributed by atoms with van der Waals surface area (Å²) in [5, 5.41) is 2.53. The molecule has 1 aromatic carbocycles. The second-order valence-electron chi connectivity index (χ2n) is 3.33. The molecular formula is C11H12BrF2NO. The molecule has 0 saturated carbocycles. The summed E-state index contributed by atoms with van der Waals surface area (Å²) in [5.41, 5.74) is 0.143. The zero-order chi connectivity index (χ0) is 12.1. The van der Waals surface area contributed by atoms with Crippen LogP contribution in [-0.4, -0.2) is 10.7 Å². The van der Waals surface area contributed by atoms with Gasteiger partial charge in [0.2, 0.25) is 5.91 Å². The van der Waals surface area contributed by atoms with Crippen LogP contribution in [-0.2, 0) is 11.3 Å². The van der Waals surface area contributed by atoms with Crippen LogP contribution < -0.4 is 5.32 Å². The largest absolute Gasteiger partial charge is 0.351 e. The lowest BCUT2D eigenvalue weighted by Crippen LogP contribution is -2.30. The molecule has 0 aromatic heterocycles.